The maximum Gasteiger partial charge on any atom is 0.321 e. The molecule has 6 nitrogen and oxygen atoms in total. The van der Waals surface area contributed by atoms with Gasteiger partial charge in [-0.1, -0.05) is 5.16 Å². The molecule has 3 rings (SSSR count). The molecule has 1 N–H and O–H groups in total. The van der Waals surface area contributed by atoms with E-state index in [-0.39, 0.29) is 0 Å². The van der Waals surface area contributed by atoms with Crippen molar-refractivity contribution >= 4 is 17.0 Å². The average molecular weight is 227 g/mol. The van der Waals surface area contributed by atoms with Gasteiger partial charge in [0.25, 0.3) is 0 Å². The van der Waals surface area contributed by atoms with Gasteiger partial charge in [0, 0.05) is 25.0 Å². The fourth-order valence-corrected chi connectivity index (χ4v) is 1.54. The molecule has 1 aromatic carbocycles. The highest BCUT2D eigenvalue weighted by atomic mass is 16.5. The molecule has 2 aromatic heterocycles. The van der Waals surface area contributed by atoms with Gasteiger partial charge in [-0.05, 0) is 18.2 Å². The molecule has 84 valence electrons. The summed E-state index contributed by atoms with van der Waals surface area (Å²) in [5.41, 5.74) is 2.50. The molecule has 0 unspecified atom stereocenters. The second-order valence-corrected chi connectivity index (χ2v) is 3.43. The first-order chi connectivity index (χ1) is 8.36. The van der Waals surface area contributed by atoms with Crippen molar-refractivity contribution in [1.82, 2.24) is 20.1 Å². The predicted molar refractivity (Wildman–Crippen MR) is 62.4 cm³/mol. The van der Waals surface area contributed by atoms with Gasteiger partial charge in [-0.15, -0.1) is 0 Å². The van der Waals surface area contributed by atoms with Gasteiger partial charge in [-0.25, -0.2) is 0 Å². The van der Waals surface area contributed by atoms with E-state index in [1.165, 1.54) is 0 Å². The lowest BCUT2D eigenvalue weighted by atomic mass is 10.2. The lowest BCUT2D eigenvalue weighted by molar-refractivity contribution is 0.434. The van der Waals surface area contributed by atoms with Crippen LogP contribution in [0.25, 0.3) is 22.4 Å². The standard InChI is InChI=1S/C11H9N5O/c1-12-11-15-10(16-17-11)7-2-3-8-9(6-7)14-5-4-13-8/h2-6H,1H3,(H,12,15,16). The molecule has 0 saturated carbocycles. The van der Waals surface area contributed by atoms with Gasteiger partial charge >= 0.3 is 6.01 Å². The molecule has 17 heavy (non-hydrogen) atoms. The fraction of sp³-hybridized carbons (Fsp3) is 0.0909. The number of rotatable bonds is 2. The Morgan fingerprint density at radius 1 is 1.12 bits per heavy atom. The van der Waals surface area contributed by atoms with E-state index in [4.69, 9.17) is 4.52 Å². The average Bonchev–Trinajstić information content (AvgIpc) is 2.87. The van der Waals surface area contributed by atoms with Crippen LogP contribution in [0.4, 0.5) is 6.01 Å². The minimum atomic E-state index is 0.388. The number of anilines is 1. The van der Waals surface area contributed by atoms with E-state index >= 15 is 0 Å². The largest absolute Gasteiger partial charge is 0.341 e. The molecule has 0 fully saturated rings. The van der Waals surface area contributed by atoms with Gasteiger partial charge in [0.1, 0.15) is 0 Å². The van der Waals surface area contributed by atoms with Crippen molar-refractivity contribution < 1.29 is 4.52 Å². The van der Waals surface area contributed by atoms with Crippen LogP contribution in [0.3, 0.4) is 0 Å². The Balaban J connectivity index is 2.11. The summed E-state index contributed by atoms with van der Waals surface area (Å²) < 4.78 is 4.97. The number of hydrogen-bond donors (Lipinski definition) is 1. The molecule has 0 saturated heterocycles. The summed E-state index contributed by atoms with van der Waals surface area (Å²) in [5.74, 6) is 0.530. The van der Waals surface area contributed by atoms with Crippen LogP contribution in [0.2, 0.25) is 0 Å². The normalized spacial score (nSPS) is 10.6. The number of aromatic nitrogens is 4. The third-order valence-electron chi connectivity index (χ3n) is 2.37. The van der Waals surface area contributed by atoms with Crippen LogP contribution < -0.4 is 5.32 Å². The molecule has 0 bridgehead atoms. The van der Waals surface area contributed by atoms with Crippen LogP contribution in [0.5, 0.6) is 0 Å². The summed E-state index contributed by atoms with van der Waals surface area (Å²) >= 11 is 0. The van der Waals surface area contributed by atoms with Crippen molar-refractivity contribution in [2.75, 3.05) is 12.4 Å². The van der Waals surface area contributed by atoms with E-state index in [0.29, 0.717) is 11.8 Å². The summed E-state index contributed by atoms with van der Waals surface area (Å²) in [5, 5.41) is 6.65. The van der Waals surface area contributed by atoms with Crippen molar-refractivity contribution in [3.8, 4) is 11.4 Å². The van der Waals surface area contributed by atoms with E-state index in [1.54, 1.807) is 19.4 Å². The summed E-state index contributed by atoms with van der Waals surface area (Å²) in [6.45, 7) is 0. The zero-order valence-corrected chi connectivity index (χ0v) is 9.08. The van der Waals surface area contributed by atoms with Gasteiger partial charge < -0.3 is 9.84 Å². The second kappa shape index (κ2) is 3.82. The minimum absolute atomic E-state index is 0.388. The molecule has 0 aliphatic heterocycles. The summed E-state index contributed by atoms with van der Waals surface area (Å²) in [6.07, 6.45) is 3.32. The van der Waals surface area contributed by atoms with Crippen LogP contribution in [-0.4, -0.2) is 27.2 Å². The molecule has 3 aromatic rings. The number of nitrogens with zero attached hydrogens (tertiary/aromatic N) is 4. The molecule has 0 spiro atoms. The maximum absolute atomic E-state index is 4.97. The van der Waals surface area contributed by atoms with Crippen LogP contribution in [-0.2, 0) is 0 Å². The van der Waals surface area contributed by atoms with E-state index < -0.39 is 0 Å². The highest BCUT2D eigenvalue weighted by Gasteiger charge is 2.08. The first kappa shape index (κ1) is 9.71. The van der Waals surface area contributed by atoms with Crippen LogP contribution in [0.1, 0.15) is 0 Å². The van der Waals surface area contributed by atoms with Crippen LogP contribution >= 0.6 is 0 Å². The molecule has 0 radical (unpaired) electrons. The molecular formula is C11H9N5O. The van der Waals surface area contributed by atoms with E-state index in [9.17, 15) is 0 Å². The first-order valence-corrected chi connectivity index (χ1v) is 5.09. The third kappa shape index (κ3) is 1.69. The lowest BCUT2D eigenvalue weighted by Gasteiger charge is -1.97. The summed E-state index contributed by atoms with van der Waals surface area (Å²) in [6, 6.07) is 6.04. The van der Waals surface area contributed by atoms with E-state index in [1.807, 2.05) is 18.2 Å². The first-order valence-electron chi connectivity index (χ1n) is 5.09. The molecule has 0 aliphatic rings. The molecule has 2 heterocycles. The van der Waals surface area contributed by atoms with Crippen LogP contribution in [0.15, 0.2) is 35.1 Å². The Kier molecular flexibility index (Phi) is 2.18. The van der Waals surface area contributed by atoms with Crippen molar-refractivity contribution in [2.24, 2.45) is 0 Å². The SMILES string of the molecule is CNc1nc(-c2ccc3nccnc3c2)no1. The number of nitrogens with one attached hydrogen (secondary N) is 1. The number of hydrogen-bond acceptors (Lipinski definition) is 6. The third-order valence-corrected chi connectivity index (χ3v) is 2.37. The number of benzene rings is 1. The van der Waals surface area contributed by atoms with Gasteiger partial charge in [0.15, 0.2) is 0 Å². The van der Waals surface area contributed by atoms with Crippen molar-refractivity contribution in [3.63, 3.8) is 0 Å². The van der Waals surface area contributed by atoms with Crippen molar-refractivity contribution in [3.05, 3.63) is 30.6 Å². The monoisotopic (exact) mass is 227 g/mol. The molecule has 0 amide bonds. The van der Waals surface area contributed by atoms with Crippen molar-refractivity contribution in [1.29, 1.82) is 0 Å². The molecule has 0 atom stereocenters. The predicted octanol–water partition coefficient (Wildman–Crippen LogP) is 1.72. The Hall–Kier alpha value is -2.50. The molecule has 6 heteroatoms. The zero-order chi connectivity index (χ0) is 11.7. The fourth-order valence-electron chi connectivity index (χ4n) is 1.54. The quantitative estimate of drug-likeness (QED) is 0.718. The Bertz CT molecular complexity index is 664. The van der Waals surface area contributed by atoms with Gasteiger partial charge in [-0.3, -0.25) is 9.97 Å². The zero-order valence-electron chi connectivity index (χ0n) is 9.08. The molecule has 0 aliphatic carbocycles. The minimum Gasteiger partial charge on any atom is -0.341 e. The van der Waals surface area contributed by atoms with E-state index in [2.05, 4.69) is 25.4 Å². The topological polar surface area (TPSA) is 76.7 Å². The van der Waals surface area contributed by atoms with Gasteiger partial charge in [0.05, 0.1) is 11.0 Å². The highest BCUT2D eigenvalue weighted by molar-refractivity contribution is 5.79. The highest BCUT2D eigenvalue weighted by Crippen LogP contribution is 2.20. The maximum atomic E-state index is 4.97. The Morgan fingerprint density at radius 2 is 1.94 bits per heavy atom. The van der Waals surface area contributed by atoms with E-state index in [0.717, 1.165) is 16.6 Å². The summed E-state index contributed by atoms with van der Waals surface area (Å²) in [7, 11) is 1.73. The Morgan fingerprint density at radius 3 is 2.71 bits per heavy atom. The number of fused-ring (bicyclic) bond motifs is 1. The lowest BCUT2D eigenvalue weighted by Crippen LogP contribution is -1.88. The van der Waals surface area contributed by atoms with Gasteiger partial charge in [0.2, 0.25) is 5.82 Å². The van der Waals surface area contributed by atoms with Gasteiger partial charge in [-0.2, -0.15) is 4.98 Å². The molecular weight excluding hydrogens is 218 g/mol. The van der Waals surface area contributed by atoms with Crippen LogP contribution in [0, 0.1) is 0 Å². The second-order valence-electron chi connectivity index (χ2n) is 3.43. The summed E-state index contributed by atoms with van der Waals surface area (Å²) in [4.78, 5) is 12.6. The van der Waals surface area contributed by atoms with Crippen molar-refractivity contribution in [2.45, 2.75) is 0 Å². The smallest absolute Gasteiger partial charge is 0.321 e. The Labute approximate surface area is 96.7 Å².